The fourth-order valence-corrected chi connectivity index (χ4v) is 3.32. The molecule has 1 heterocycles. The summed E-state index contributed by atoms with van der Waals surface area (Å²) in [5.41, 5.74) is 6.43. The lowest BCUT2D eigenvalue weighted by Gasteiger charge is -2.34. The molecule has 0 spiro atoms. The van der Waals surface area contributed by atoms with Crippen molar-refractivity contribution in [2.45, 2.75) is 32.7 Å². The maximum absolute atomic E-state index is 11.2. The summed E-state index contributed by atoms with van der Waals surface area (Å²) in [5, 5.41) is 3.40. The molecule has 1 saturated heterocycles. The summed E-state index contributed by atoms with van der Waals surface area (Å²) in [4.78, 5) is 17.8. The van der Waals surface area contributed by atoms with Crippen LogP contribution < -0.4 is 20.5 Å². The van der Waals surface area contributed by atoms with E-state index in [1.807, 2.05) is 25.1 Å². The predicted octanol–water partition coefficient (Wildman–Crippen LogP) is 2.37. The van der Waals surface area contributed by atoms with Gasteiger partial charge in [0.25, 0.3) is 0 Å². The Balaban J connectivity index is 0.00000364. The van der Waals surface area contributed by atoms with Crippen LogP contribution in [0.15, 0.2) is 23.2 Å². The van der Waals surface area contributed by atoms with Crippen LogP contribution >= 0.6 is 24.0 Å². The largest absolute Gasteiger partial charge is 0.493 e. The SMILES string of the molecule is CCOc1ccc(CNC(=NC)N2CCCC(CC(N)=O)C2)cc1OC.I. The monoisotopic (exact) mass is 490 g/mol. The van der Waals surface area contributed by atoms with Crippen molar-refractivity contribution in [3.63, 3.8) is 0 Å². The van der Waals surface area contributed by atoms with Gasteiger partial charge < -0.3 is 25.4 Å². The van der Waals surface area contributed by atoms with Crippen molar-refractivity contribution >= 4 is 35.8 Å². The molecule has 1 aromatic carbocycles. The Kier molecular flexibility index (Phi) is 10.3. The second kappa shape index (κ2) is 11.9. The smallest absolute Gasteiger partial charge is 0.217 e. The van der Waals surface area contributed by atoms with Crippen molar-refractivity contribution in [3.05, 3.63) is 23.8 Å². The van der Waals surface area contributed by atoms with Crippen molar-refractivity contribution in [2.24, 2.45) is 16.6 Å². The number of hydrogen-bond donors (Lipinski definition) is 2. The third-order valence-corrected chi connectivity index (χ3v) is 4.50. The first kappa shape index (κ1) is 23.3. The average Bonchev–Trinajstić information content (AvgIpc) is 2.63. The van der Waals surface area contributed by atoms with Crippen molar-refractivity contribution < 1.29 is 14.3 Å². The molecule has 0 aromatic heterocycles. The summed E-state index contributed by atoms with van der Waals surface area (Å²) >= 11 is 0. The minimum Gasteiger partial charge on any atom is -0.493 e. The van der Waals surface area contributed by atoms with Gasteiger partial charge in [-0.25, -0.2) is 0 Å². The summed E-state index contributed by atoms with van der Waals surface area (Å²) in [6.45, 7) is 4.91. The first-order chi connectivity index (χ1) is 12.6. The number of amides is 1. The van der Waals surface area contributed by atoms with Crippen LogP contribution in [0.2, 0.25) is 0 Å². The Morgan fingerprint density at radius 2 is 2.19 bits per heavy atom. The number of halogens is 1. The molecule has 1 amide bonds. The molecule has 1 unspecified atom stereocenters. The van der Waals surface area contributed by atoms with Gasteiger partial charge in [-0.1, -0.05) is 6.07 Å². The number of nitrogens with one attached hydrogen (secondary N) is 1. The molecule has 0 aliphatic carbocycles. The van der Waals surface area contributed by atoms with Gasteiger partial charge in [-0.15, -0.1) is 24.0 Å². The zero-order valence-electron chi connectivity index (χ0n) is 16.4. The lowest BCUT2D eigenvalue weighted by molar-refractivity contribution is -0.119. The number of likely N-dealkylation sites (tertiary alicyclic amines) is 1. The summed E-state index contributed by atoms with van der Waals surface area (Å²) < 4.78 is 11.0. The maximum atomic E-state index is 11.2. The van der Waals surface area contributed by atoms with Crippen LogP contribution in [0.5, 0.6) is 11.5 Å². The number of carbonyl (C=O) groups is 1. The van der Waals surface area contributed by atoms with Gasteiger partial charge >= 0.3 is 0 Å². The molecule has 1 atom stereocenters. The van der Waals surface area contributed by atoms with E-state index >= 15 is 0 Å². The number of nitrogens with zero attached hydrogens (tertiary/aromatic N) is 2. The van der Waals surface area contributed by atoms with Crippen LogP contribution in [-0.2, 0) is 11.3 Å². The highest BCUT2D eigenvalue weighted by molar-refractivity contribution is 14.0. The fourth-order valence-electron chi connectivity index (χ4n) is 3.32. The molecule has 1 aromatic rings. The van der Waals surface area contributed by atoms with Gasteiger partial charge in [-0.2, -0.15) is 0 Å². The molecule has 1 fully saturated rings. The van der Waals surface area contributed by atoms with Crippen molar-refractivity contribution in [2.75, 3.05) is 33.9 Å². The second-order valence-corrected chi connectivity index (χ2v) is 6.44. The van der Waals surface area contributed by atoms with E-state index < -0.39 is 0 Å². The van der Waals surface area contributed by atoms with Crippen LogP contribution in [0.3, 0.4) is 0 Å². The van der Waals surface area contributed by atoms with Gasteiger partial charge in [0.05, 0.1) is 13.7 Å². The number of rotatable bonds is 7. The van der Waals surface area contributed by atoms with Crippen molar-refractivity contribution in [1.29, 1.82) is 0 Å². The van der Waals surface area contributed by atoms with E-state index in [-0.39, 0.29) is 29.9 Å². The minimum absolute atomic E-state index is 0. The maximum Gasteiger partial charge on any atom is 0.217 e. The normalized spacial score (nSPS) is 17.1. The molecule has 0 saturated carbocycles. The third kappa shape index (κ3) is 7.08. The summed E-state index contributed by atoms with van der Waals surface area (Å²) in [5.74, 6) is 2.37. The zero-order chi connectivity index (χ0) is 18.9. The molecule has 0 bridgehead atoms. The van der Waals surface area contributed by atoms with E-state index in [0.717, 1.165) is 49.0 Å². The number of methoxy groups -OCH3 is 1. The summed E-state index contributed by atoms with van der Waals surface area (Å²) in [6, 6.07) is 5.91. The van der Waals surface area contributed by atoms with E-state index in [2.05, 4.69) is 15.2 Å². The van der Waals surface area contributed by atoms with E-state index in [4.69, 9.17) is 15.2 Å². The Bertz CT molecular complexity index is 639. The lowest BCUT2D eigenvalue weighted by atomic mass is 9.95. The topological polar surface area (TPSA) is 89.2 Å². The molecule has 3 N–H and O–H groups in total. The Hall–Kier alpha value is -1.71. The standard InChI is InChI=1S/C19H30N4O3.HI/c1-4-26-16-8-7-14(10-17(16)25-3)12-22-19(21-2)23-9-5-6-15(13-23)11-18(20)24;/h7-8,10,15H,4-6,9,11-13H2,1-3H3,(H2,20,24)(H,21,22);1H. The average molecular weight is 490 g/mol. The second-order valence-electron chi connectivity index (χ2n) is 6.44. The highest BCUT2D eigenvalue weighted by Gasteiger charge is 2.23. The van der Waals surface area contributed by atoms with Gasteiger partial charge in [0.15, 0.2) is 17.5 Å². The number of hydrogen-bond acceptors (Lipinski definition) is 4. The fraction of sp³-hybridized carbons (Fsp3) is 0.579. The minimum atomic E-state index is -0.235. The Morgan fingerprint density at radius 3 is 2.81 bits per heavy atom. The number of aliphatic imine (C=N–C) groups is 1. The molecule has 1 aliphatic heterocycles. The highest BCUT2D eigenvalue weighted by Crippen LogP contribution is 2.28. The zero-order valence-corrected chi connectivity index (χ0v) is 18.7. The number of ether oxygens (including phenoxy) is 2. The van der Waals surface area contributed by atoms with Crippen LogP contribution in [0.4, 0.5) is 0 Å². The number of nitrogens with two attached hydrogens (primary N) is 1. The quantitative estimate of drug-likeness (QED) is 0.348. The Morgan fingerprint density at radius 1 is 1.41 bits per heavy atom. The number of carbonyl (C=O) groups excluding carboxylic acids is 1. The molecule has 152 valence electrons. The number of primary amides is 1. The molecule has 0 radical (unpaired) electrons. The molecule has 27 heavy (non-hydrogen) atoms. The molecular weight excluding hydrogens is 459 g/mol. The van der Waals surface area contributed by atoms with Gasteiger partial charge in [-0.05, 0) is 43.4 Å². The number of guanidine groups is 1. The third-order valence-electron chi connectivity index (χ3n) is 4.50. The van der Waals surface area contributed by atoms with E-state index in [9.17, 15) is 4.79 Å². The number of benzene rings is 1. The number of piperidine rings is 1. The van der Waals surface area contributed by atoms with Gasteiger partial charge in [0, 0.05) is 33.1 Å². The summed E-state index contributed by atoms with van der Waals surface area (Å²) in [6.07, 6.45) is 2.51. The van der Waals surface area contributed by atoms with E-state index in [0.29, 0.717) is 25.5 Å². The molecule has 1 aliphatic rings. The molecule has 2 rings (SSSR count). The molecule has 8 heteroatoms. The van der Waals surface area contributed by atoms with Gasteiger partial charge in [0.1, 0.15) is 0 Å². The lowest BCUT2D eigenvalue weighted by Crippen LogP contribution is -2.46. The van der Waals surface area contributed by atoms with Crippen molar-refractivity contribution in [3.8, 4) is 11.5 Å². The van der Waals surface area contributed by atoms with Crippen LogP contribution in [0.25, 0.3) is 0 Å². The highest BCUT2D eigenvalue weighted by atomic mass is 127. The first-order valence-electron chi connectivity index (χ1n) is 9.11. The predicted molar refractivity (Wildman–Crippen MR) is 118 cm³/mol. The Labute approximate surface area is 178 Å². The van der Waals surface area contributed by atoms with Crippen LogP contribution in [0.1, 0.15) is 31.7 Å². The molecular formula is C19H31IN4O3. The van der Waals surface area contributed by atoms with Crippen LogP contribution in [-0.4, -0.2) is 50.6 Å². The van der Waals surface area contributed by atoms with E-state index in [1.54, 1.807) is 14.2 Å². The summed E-state index contributed by atoms with van der Waals surface area (Å²) in [7, 11) is 3.42. The van der Waals surface area contributed by atoms with E-state index in [1.165, 1.54) is 0 Å². The first-order valence-corrected chi connectivity index (χ1v) is 9.11. The van der Waals surface area contributed by atoms with Crippen LogP contribution in [0, 0.1) is 5.92 Å². The van der Waals surface area contributed by atoms with Crippen molar-refractivity contribution in [1.82, 2.24) is 10.2 Å². The van der Waals surface area contributed by atoms with Gasteiger partial charge in [0.2, 0.25) is 5.91 Å². The molecule has 7 nitrogen and oxygen atoms in total. The van der Waals surface area contributed by atoms with Gasteiger partial charge in [-0.3, -0.25) is 9.79 Å².